The zero-order valence-corrected chi connectivity index (χ0v) is 19.2. The predicted octanol–water partition coefficient (Wildman–Crippen LogP) is 5.12. The van der Waals surface area contributed by atoms with Crippen LogP contribution in [0.2, 0.25) is 0 Å². The quantitative estimate of drug-likeness (QED) is 0.470. The number of rotatable bonds is 8. The molecule has 35 heavy (non-hydrogen) atoms. The van der Waals surface area contributed by atoms with Crippen molar-refractivity contribution in [2.45, 2.75) is 19.3 Å². The van der Waals surface area contributed by atoms with Crippen molar-refractivity contribution in [3.05, 3.63) is 89.2 Å². The largest absolute Gasteiger partial charge is 0.480 e. The first-order valence-electron chi connectivity index (χ1n) is 11.3. The molecule has 7 nitrogen and oxygen atoms in total. The number of anilines is 1. The lowest BCUT2D eigenvalue weighted by Gasteiger charge is -2.22. The molecule has 0 fully saturated rings. The molecule has 8 heteroatoms. The van der Waals surface area contributed by atoms with Crippen molar-refractivity contribution in [1.29, 1.82) is 0 Å². The molecular weight excluding hydrogens is 451 g/mol. The summed E-state index contributed by atoms with van der Waals surface area (Å²) in [6.07, 6.45) is -0.281. The van der Waals surface area contributed by atoms with Crippen LogP contribution >= 0.6 is 0 Å². The summed E-state index contributed by atoms with van der Waals surface area (Å²) in [5.74, 6) is -2.70. The Morgan fingerprint density at radius 3 is 2.23 bits per heavy atom. The number of fused-ring (bicyclic) bond motifs is 3. The van der Waals surface area contributed by atoms with Gasteiger partial charge in [0.05, 0.1) is 11.3 Å². The molecule has 180 valence electrons. The first kappa shape index (κ1) is 23.9. The highest BCUT2D eigenvalue weighted by Gasteiger charge is 2.29. The molecule has 0 atom stereocenters. The molecule has 1 aliphatic rings. The minimum Gasteiger partial charge on any atom is -0.480 e. The number of nitrogens with one attached hydrogen (secondary N) is 1. The Balaban J connectivity index is 1.50. The standard InChI is InChI=1S/C27H25FN2O5/c1-2-13-30(15-25(31)32)26(33)22-14-17(28)11-12-24(22)29-27(34)35-16-23-20-9-5-3-7-18(20)19-8-4-6-10-21(19)23/h3-12,14,23H,2,13,15-16H2,1H3,(H,29,34)(H,31,32). The lowest BCUT2D eigenvalue weighted by Crippen LogP contribution is -2.36. The van der Waals surface area contributed by atoms with E-state index in [0.717, 1.165) is 39.3 Å². The van der Waals surface area contributed by atoms with E-state index in [0.29, 0.717) is 6.42 Å². The number of hydrogen-bond acceptors (Lipinski definition) is 4. The summed E-state index contributed by atoms with van der Waals surface area (Å²) >= 11 is 0. The Kier molecular flexibility index (Phi) is 7.10. The second-order valence-corrected chi connectivity index (χ2v) is 8.26. The Labute approximate surface area is 202 Å². The number of hydrogen-bond donors (Lipinski definition) is 2. The molecule has 0 saturated heterocycles. The van der Waals surface area contributed by atoms with Gasteiger partial charge in [0.15, 0.2) is 0 Å². The summed E-state index contributed by atoms with van der Waals surface area (Å²) in [7, 11) is 0. The summed E-state index contributed by atoms with van der Waals surface area (Å²) in [5.41, 5.74) is 4.20. The van der Waals surface area contributed by atoms with Gasteiger partial charge in [-0.25, -0.2) is 9.18 Å². The fourth-order valence-corrected chi connectivity index (χ4v) is 4.40. The van der Waals surface area contributed by atoms with Crippen LogP contribution in [0, 0.1) is 5.82 Å². The van der Waals surface area contributed by atoms with Gasteiger partial charge in [-0.1, -0.05) is 55.5 Å². The number of nitrogens with zero attached hydrogens (tertiary/aromatic N) is 1. The summed E-state index contributed by atoms with van der Waals surface area (Å²) in [6.45, 7) is 1.51. The number of benzene rings is 3. The zero-order valence-electron chi connectivity index (χ0n) is 19.2. The van der Waals surface area contributed by atoms with E-state index in [1.54, 1.807) is 6.92 Å². The number of aliphatic carboxylic acids is 1. The van der Waals surface area contributed by atoms with E-state index in [4.69, 9.17) is 9.84 Å². The molecule has 0 aliphatic heterocycles. The first-order valence-corrected chi connectivity index (χ1v) is 11.3. The SMILES string of the molecule is CCCN(CC(=O)O)C(=O)c1cc(F)ccc1NC(=O)OCC1c2ccccc2-c2ccccc21. The van der Waals surface area contributed by atoms with Gasteiger partial charge in [-0.3, -0.25) is 14.9 Å². The van der Waals surface area contributed by atoms with Crippen molar-refractivity contribution >= 4 is 23.7 Å². The number of carbonyl (C=O) groups excluding carboxylic acids is 2. The van der Waals surface area contributed by atoms with Gasteiger partial charge in [0.25, 0.3) is 5.91 Å². The highest BCUT2D eigenvalue weighted by atomic mass is 19.1. The Hall–Kier alpha value is -4.20. The molecule has 0 spiro atoms. The van der Waals surface area contributed by atoms with Crippen LogP contribution in [0.25, 0.3) is 11.1 Å². The van der Waals surface area contributed by atoms with E-state index in [9.17, 15) is 18.8 Å². The molecular formula is C27H25FN2O5. The van der Waals surface area contributed by atoms with E-state index in [1.165, 1.54) is 6.07 Å². The molecule has 2 N–H and O–H groups in total. The van der Waals surface area contributed by atoms with Gasteiger partial charge in [0, 0.05) is 12.5 Å². The smallest absolute Gasteiger partial charge is 0.411 e. The van der Waals surface area contributed by atoms with Gasteiger partial charge in [0.2, 0.25) is 0 Å². The van der Waals surface area contributed by atoms with Crippen LogP contribution in [0.1, 0.15) is 40.7 Å². The third-order valence-electron chi connectivity index (χ3n) is 5.90. The average Bonchev–Trinajstić information content (AvgIpc) is 3.16. The summed E-state index contributed by atoms with van der Waals surface area (Å²) in [5, 5.41) is 11.6. The third-order valence-corrected chi connectivity index (χ3v) is 5.90. The van der Waals surface area contributed by atoms with Crippen LogP contribution in [0.3, 0.4) is 0 Å². The van der Waals surface area contributed by atoms with Gasteiger partial charge >= 0.3 is 12.1 Å². The third kappa shape index (κ3) is 5.16. The highest BCUT2D eigenvalue weighted by molar-refractivity contribution is 6.03. The maximum atomic E-state index is 14.0. The van der Waals surface area contributed by atoms with E-state index >= 15 is 0 Å². The van der Waals surface area contributed by atoms with Gasteiger partial charge < -0.3 is 14.7 Å². The second-order valence-electron chi connectivity index (χ2n) is 8.26. The number of carboxylic acids is 1. The molecule has 0 saturated carbocycles. The normalized spacial score (nSPS) is 11.9. The van der Waals surface area contributed by atoms with E-state index < -0.39 is 30.3 Å². The van der Waals surface area contributed by atoms with Crippen molar-refractivity contribution in [1.82, 2.24) is 4.90 Å². The minimum atomic E-state index is -1.19. The molecule has 0 radical (unpaired) electrons. The van der Waals surface area contributed by atoms with Crippen LogP contribution in [0.5, 0.6) is 0 Å². The van der Waals surface area contributed by atoms with Crippen LogP contribution in [0.15, 0.2) is 66.7 Å². The molecule has 3 aromatic carbocycles. The number of halogens is 1. The Morgan fingerprint density at radius 2 is 1.63 bits per heavy atom. The van der Waals surface area contributed by atoms with Crippen molar-refractivity contribution in [2.75, 3.05) is 25.0 Å². The van der Waals surface area contributed by atoms with E-state index in [2.05, 4.69) is 5.32 Å². The fraction of sp³-hybridized carbons (Fsp3) is 0.222. The molecule has 3 aromatic rings. The molecule has 0 heterocycles. The molecule has 4 rings (SSSR count). The molecule has 0 bridgehead atoms. The van der Waals surface area contributed by atoms with Gasteiger partial charge in [0.1, 0.15) is 19.0 Å². The zero-order chi connectivity index (χ0) is 24.9. The van der Waals surface area contributed by atoms with Gasteiger partial charge in [-0.2, -0.15) is 0 Å². The predicted molar refractivity (Wildman–Crippen MR) is 129 cm³/mol. The lowest BCUT2D eigenvalue weighted by molar-refractivity contribution is -0.137. The Morgan fingerprint density at radius 1 is 1.00 bits per heavy atom. The minimum absolute atomic E-state index is 0.0418. The van der Waals surface area contributed by atoms with Crippen molar-refractivity contribution < 1.29 is 28.6 Å². The molecule has 2 amide bonds. The maximum absolute atomic E-state index is 14.0. The number of amides is 2. The molecule has 0 aromatic heterocycles. The maximum Gasteiger partial charge on any atom is 0.411 e. The first-order chi connectivity index (χ1) is 16.9. The number of carboxylic acid groups (broad SMARTS) is 1. The van der Waals surface area contributed by atoms with Crippen molar-refractivity contribution in [2.24, 2.45) is 0 Å². The van der Waals surface area contributed by atoms with Crippen LogP contribution in [-0.2, 0) is 9.53 Å². The van der Waals surface area contributed by atoms with E-state index in [1.807, 2.05) is 48.5 Å². The fourth-order valence-electron chi connectivity index (χ4n) is 4.40. The topological polar surface area (TPSA) is 95.9 Å². The van der Waals surface area contributed by atoms with Crippen LogP contribution in [-0.4, -0.2) is 47.7 Å². The Bertz CT molecular complexity index is 1230. The average molecular weight is 477 g/mol. The van der Waals surface area contributed by atoms with Crippen molar-refractivity contribution in [3.8, 4) is 11.1 Å². The van der Waals surface area contributed by atoms with Crippen molar-refractivity contribution in [3.63, 3.8) is 0 Å². The summed E-state index contributed by atoms with van der Waals surface area (Å²) < 4.78 is 19.5. The van der Waals surface area contributed by atoms with Gasteiger partial charge in [-0.05, 0) is 46.9 Å². The van der Waals surface area contributed by atoms with Gasteiger partial charge in [-0.15, -0.1) is 0 Å². The molecule has 1 aliphatic carbocycles. The van der Waals surface area contributed by atoms with E-state index in [-0.39, 0.29) is 30.3 Å². The highest BCUT2D eigenvalue weighted by Crippen LogP contribution is 2.44. The monoisotopic (exact) mass is 476 g/mol. The second kappa shape index (κ2) is 10.4. The summed E-state index contributed by atoms with van der Waals surface area (Å²) in [6, 6.07) is 19.2. The lowest BCUT2D eigenvalue weighted by atomic mass is 9.98. The molecule has 0 unspecified atom stereocenters. The van der Waals surface area contributed by atoms with Crippen LogP contribution < -0.4 is 5.32 Å². The summed E-state index contributed by atoms with van der Waals surface area (Å²) in [4.78, 5) is 37.9. The number of carbonyl (C=O) groups is 3. The van der Waals surface area contributed by atoms with Crippen LogP contribution in [0.4, 0.5) is 14.9 Å². The number of ether oxygens (including phenoxy) is 1.